The third kappa shape index (κ3) is 6.32. The molecule has 0 amide bonds. The van der Waals surface area contributed by atoms with Crippen LogP contribution in [-0.4, -0.2) is 77.3 Å². The van der Waals surface area contributed by atoms with Gasteiger partial charge in [0.2, 0.25) is 0 Å². The number of hydrogen-bond donors (Lipinski definition) is 2. The SMILES string of the molecule is CC(=O)OC(C)(C)/C=C/C(=O)[C@](C)(O)[C@H]1[C@H](O)C[C@@]2(C)[C@@H]3CC=C4[C@@H](C[C@H](OC(=O)Cn5ncn(-c6ccc(F)cc6)c5=O)C(=O)C4(C)C)[C@]3(C)C(=O)C[C@]12C. The molecule has 9 atom stereocenters. The minimum atomic E-state index is -2.09. The van der Waals surface area contributed by atoms with Crippen molar-refractivity contribution in [2.45, 2.75) is 118 Å². The van der Waals surface area contributed by atoms with Gasteiger partial charge in [0.25, 0.3) is 0 Å². The average Bonchev–Trinajstić information content (AvgIpc) is 3.54. The Balaban J connectivity index is 1.27. The molecule has 0 aliphatic heterocycles. The maximum Gasteiger partial charge on any atom is 0.350 e. The van der Waals surface area contributed by atoms with Gasteiger partial charge in [0.05, 0.1) is 11.8 Å². The third-order valence-corrected chi connectivity index (χ3v) is 13.9. The van der Waals surface area contributed by atoms with E-state index in [1.165, 1.54) is 50.5 Å². The third-order valence-electron chi connectivity index (χ3n) is 13.9. The van der Waals surface area contributed by atoms with E-state index in [0.717, 1.165) is 20.9 Å². The van der Waals surface area contributed by atoms with Crippen molar-refractivity contribution in [3.63, 3.8) is 0 Å². The summed E-state index contributed by atoms with van der Waals surface area (Å²) in [6, 6.07) is 5.17. The fourth-order valence-corrected chi connectivity index (χ4v) is 11.0. The lowest BCUT2D eigenvalue weighted by atomic mass is 9.38. The fraction of sp³-hybridized carbons (Fsp3) is 0.595. The number of aliphatic hydroxyl groups is 2. The second kappa shape index (κ2) is 13.5. The number of aromatic nitrogens is 3. The van der Waals surface area contributed by atoms with Crippen molar-refractivity contribution in [1.29, 1.82) is 0 Å². The van der Waals surface area contributed by atoms with Gasteiger partial charge in [-0.1, -0.05) is 32.4 Å². The van der Waals surface area contributed by atoms with E-state index in [0.29, 0.717) is 12.1 Å². The monoisotopic (exact) mass is 777 g/mol. The Kier molecular flexibility index (Phi) is 9.93. The number of allylic oxidation sites excluding steroid dienone is 2. The molecular weight excluding hydrogens is 725 g/mol. The topological polar surface area (TPSA) is 184 Å². The zero-order chi connectivity index (χ0) is 41.6. The van der Waals surface area contributed by atoms with Gasteiger partial charge in [-0.3, -0.25) is 24.0 Å². The van der Waals surface area contributed by atoms with Crippen LogP contribution in [0.5, 0.6) is 0 Å². The minimum absolute atomic E-state index is 0.0232. The Morgan fingerprint density at radius 2 is 1.68 bits per heavy atom. The van der Waals surface area contributed by atoms with Crippen LogP contribution in [0.1, 0.15) is 88.0 Å². The molecule has 3 saturated carbocycles. The number of ether oxygens (including phenoxy) is 2. The normalized spacial score (nSPS) is 33.5. The van der Waals surface area contributed by atoms with Gasteiger partial charge in [-0.15, -0.1) is 0 Å². The maximum absolute atomic E-state index is 14.8. The van der Waals surface area contributed by atoms with Crippen LogP contribution in [0.25, 0.3) is 5.69 Å². The summed E-state index contributed by atoms with van der Waals surface area (Å²) in [4.78, 5) is 80.5. The number of carbonyl (C=O) groups excluding carboxylic acids is 5. The number of halogens is 1. The molecular formula is C42H52FN3O10. The van der Waals surface area contributed by atoms with Crippen LogP contribution < -0.4 is 5.69 Å². The van der Waals surface area contributed by atoms with Gasteiger partial charge < -0.3 is 19.7 Å². The van der Waals surface area contributed by atoms with E-state index >= 15 is 0 Å². The molecule has 0 saturated heterocycles. The van der Waals surface area contributed by atoms with Crippen molar-refractivity contribution < 1.29 is 48.0 Å². The van der Waals surface area contributed by atoms with E-state index in [2.05, 4.69) is 5.10 Å². The summed E-state index contributed by atoms with van der Waals surface area (Å²) in [5.74, 6) is -5.00. The van der Waals surface area contributed by atoms with Gasteiger partial charge in [-0.05, 0) is 113 Å². The van der Waals surface area contributed by atoms with E-state index in [1.807, 2.05) is 26.8 Å². The van der Waals surface area contributed by atoms with Crippen molar-refractivity contribution in [2.24, 2.45) is 39.4 Å². The first-order chi connectivity index (χ1) is 25.8. The van der Waals surface area contributed by atoms with Gasteiger partial charge in [0.1, 0.15) is 35.7 Å². The summed E-state index contributed by atoms with van der Waals surface area (Å²) in [5, 5.41) is 27.8. The standard InChI is InChI=1S/C42H52FN3O10/c1-23(47)56-37(2,3)17-16-31(49)42(9,54)34-28(48)19-39(6)30-15-14-26-27(41(30,8)32(50)20-40(34,39)7)18-29(35(52)38(26,4)5)55-33(51)21-46-36(53)45(22-44-46)25-12-10-24(43)11-13-25/h10-14,16-17,22,27-30,34,48,54H,15,18-21H2,1-9H3/b17-16+/t27-,28-,29+,30+,34+,39+,40-,41+,42+/m1/s1. The number of nitrogens with zero attached hydrogens (tertiary/aromatic N) is 3. The van der Waals surface area contributed by atoms with Gasteiger partial charge in [-0.2, -0.15) is 5.10 Å². The predicted octanol–water partition coefficient (Wildman–Crippen LogP) is 4.24. The Labute approximate surface area is 324 Å². The molecule has 4 aliphatic rings. The highest BCUT2D eigenvalue weighted by Crippen LogP contribution is 2.74. The Morgan fingerprint density at radius 3 is 2.30 bits per heavy atom. The molecule has 0 unspecified atom stereocenters. The molecule has 56 heavy (non-hydrogen) atoms. The van der Waals surface area contributed by atoms with E-state index in [-0.39, 0.29) is 36.7 Å². The number of esters is 2. The summed E-state index contributed by atoms with van der Waals surface area (Å²) >= 11 is 0. The molecule has 0 spiro atoms. The molecule has 4 aliphatic carbocycles. The van der Waals surface area contributed by atoms with Crippen LogP contribution in [0.3, 0.4) is 0 Å². The largest absolute Gasteiger partial charge is 0.456 e. The Bertz CT molecular complexity index is 2110. The van der Waals surface area contributed by atoms with Crippen LogP contribution in [0, 0.1) is 45.2 Å². The summed E-state index contributed by atoms with van der Waals surface area (Å²) in [7, 11) is 0. The Hall–Kier alpha value is -4.56. The lowest BCUT2D eigenvalue weighted by molar-refractivity contribution is -0.185. The number of Topliss-reactive ketones (excluding diaryl/α,β-unsaturated/α-hetero) is 2. The van der Waals surface area contributed by atoms with Gasteiger partial charge in [0.15, 0.2) is 17.7 Å². The molecule has 1 aromatic carbocycles. The lowest BCUT2D eigenvalue weighted by Crippen LogP contribution is -2.65. The molecule has 2 aromatic rings. The second-order valence-electron chi connectivity index (χ2n) is 18.1. The Morgan fingerprint density at radius 1 is 1.04 bits per heavy atom. The average molecular weight is 778 g/mol. The molecule has 14 heteroatoms. The molecule has 13 nitrogen and oxygen atoms in total. The van der Waals surface area contributed by atoms with Crippen LogP contribution in [0.15, 0.2) is 59.2 Å². The molecule has 2 N–H and O–H groups in total. The van der Waals surface area contributed by atoms with Crippen LogP contribution in [0.4, 0.5) is 4.39 Å². The van der Waals surface area contributed by atoms with Crippen molar-refractivity contribution in [3.8, 4) is 5.69 Å². The number of carbonyl (C=O) groups is 5. The quantitative estimate of drug-likeness (QED) is 0.211. The summed E-state index contributed by atoms with van der Waals surface area (Å²) in [6.45, 7) is 14.5. The fourth-order valence-electron chi connectivity index (χ4n) is 11.0. The van der Waals surface area contributed by atoms with Crippen molar-refractivity contribution in [1.82, 2.24) is 14.3 Å². The van der Waals surface area contributed by atoms with Crippen molar-refractivity contribution >= 4 is 29.3 Å². The molecule has 0 bridgehead atoms. The molecule has 1 aromatic heterocycles. The van der Waals surface area contributed by atoms with Crippen molar-refractivity contribution in [2.75, 3.05) is 0 Å². The number of hydrogen-bond acceptors (Lipinski definition) is 11. The molecule has 302 valence electrons. The maximum atomic E-state index is 14.8. The lowest BCUT2D eigenvalue weighted by Gasteiger charge is -2.64. The first kappa shape index (κ1) is 41.1. The number of ketones is 3. The second-order valence-corrected chi connectivity index (χ2v) is 18.1. The first-order valence-electron chi connectivity index (χ1n) is 19.0. The number of aliphatic hydroxyl groups excluding tert-OH is 1. The molecule has 1 heterocycles. The summed E-state index contributed by atoms with van der Waals surface area (Å²) in [6.07, 6.45) is 3.94. The van der Waals surface area contributed by atoms with E-state index in [4.69, 9.17) is 9.47 Å². The van der Waals surface area contributed by atoms with Crippen molar-refractivity contribution in [3.05, 3.63) is 70.7 Å². The minimum Gasteiger partial charge on any atom is -0.456 e. The number of benzene rings is 1. The molecule has 0 radical (unpaired) electrons. The van der Waals surface area contributed by atoms with Gasteiger partial charge in [0, 0.05) is 30.1 Å². The van der Waals surface area contributed by atoms with E-state index in [9.17, 15) is 43.4 Å². The predicted molar refractivity (Wildman–Crippen MR) is 199 cm³/mol. The number of rotatable bonds is 9. The smallest absolute Gasteiger partial charge is 0.350 e. The van der Waals surface area contributed by atoms with E-state index < -0.39 is 92.7 Å². The van der Waals surface area contributed by atoms with Crippen LogP contribution in [0.2, 0.25) is 0 Å². The highest BCUT2D eigenvalue weighted by Gasteiger charge is 2.74. The van der Waals surface area contributed by atoms with Crippen LogP contribution >= 0.6 is 0 Å². The highest BCUT2D eigenvalue weighted by atomic mass is 19.1. The molecule has 6 rings (SSSR count). The molecule has 3 fully saturated rings. The zero-order valence-electron chi connectivity index (χ0n) is 33.4. The number of fused-ring (bicyclic) bond motifs is 5. The zero-order valence-corrected chi connectivity index (χ0v) is 33.4. The first-order valence-corrected chi connectivity index (χ1v) is 19.0. The van der Waals surface area contributed by atoms with E-state index in [1.54, 1.807) is 27.7 Å². The summed E-state index contributed by atoms with van der Waals surface area (Å²) < 4.78 is 26.6. The van der Waals surface area contributed by atoms with Gasteiger partial charge >= 0.3 is 17.6 Å². The summed E-state index contributed by atoms with van der Waals surface area (Å²) in [5.41, 5.74) is -6.74. The highest BCUT2D eigenvalue weighted by molar-refractivity contribution is 5.98. The van der Waals surface area contributed by atoms with Crippen LogP contribution in [-0.2, 0) is 40.0 Å². The van der Waals surface area contributed by atoms with Gasteiger partial charge in [-0.25, -0.2) is 18.4 Å².